The summed E-state index contributed by atoms with van der Waals surface area (Å²) in [5, 5.41) is 2.82. The molecule has 0 rings (SSSR count). The number of hydrogen-bond donors (Lipinski definition) is 1. The van der Waals surface area contributed by atoms with E-state index in [4.69, 9.17) is 0 Å². The molecule has 0 heterocycles. The normalized spacial score (nSPS) is 9.53. The van der Waals surface area contributed by atoms with Crippen molar-refractivity contribution >= 4 is 5.91 Å². The van der Waals surface area contributed by atoms with Crippen LogP contribution in [0.5, 0.6) is 0 Å². The van der Waals surface area contributed by atoms with Gasteiger partial charge in [0.25, 0.3) is 0 Å². The van der Waals surface area contributed by atoms with Gasteiger partial charge < -0.3 is 5.32 Å². The van der Waals surface area contributed by atoms with Gasteiger partial charge >= 0.3 is 0 Å². The summed E-state index contributed by atoms with van der Waals surface area (Å²) in [7, 11) is 0. The SMILES string of the molecule is CC.CC(C)=C/C=C\CC(=O)NC(C)C. The number of allylic oxidation sites excluding steroid dienone is 3. The van der Waals surface area contributed by atoms with E-state index >= 15 is 0 Å². The van der Waals surface area contributed by atoms with Crippen molar-refractivity contribution in [2.75, 3.05) is 0 Å². The molecule has 0 unspecified atom stereocenters. The first-order chi connectivity index (χ1) is 7.02. The Morgan fingerprint density at radius 2 is 1.80 bits per heavy atom. The second-order valence-electron chi connectivity index (χ2n) is 3.60. The average Bonchev–Trinajstić information content (AvgIpc) is 2.14. The second-order valence-corrected chi connectivity index (χ2v) is 3.60. The minimum atomic E-state index is 0.0772. The molecule has 0 radical (unpaired) electrons. The lowest BCUT2D eigenvalue weighted by atomic mass is 10.3. The Balaban J connectivity index is 0. The molecule has 0 spiro atoms. The third kappa shape index (κ3) is 15.7. The third-order valence-electron chi connectivity index (χ3n) is 1.32. The number of amides is 1. The van der Waals surface area contributed by atoms with Gasteiger partial charge in [0.1, 0.15) is 0 Å². The maximum atomic E-state index is 11.1. The molecule has 2 heteroatoms. The molecule has 0 bridgehead atoms. The highest BCUT2D eigenvalue weighted by molar-refractivity contribution is 5.77. The van der Waals surface area contributed by atoms with E-state index in [-0.39, 0.29) is 11.9 Å². The summed E-state index contributed by atoms with van der Waals surface area (Å²) in [5.74, 6) is 0.0772. The van der Waals surface area contributed by atoms with Crippen LogP contribution in [0.3, 0.4) is 0 Å². The maximum absolute atomic E-state index is 11.1. The molecule has 0 saturated carbocycles. The maximum Gasteiger partial charge on any atom is 0.224 e. The fourth-order valence-electron chi connectivity index (χ4n) is 0.816. The van der Waals surface area contributed by atoms with Gasteiger partial charge in [0.15, 0.2) is 0 Å². The average molecular weight is 211 g/mol. The lowest BCUT2D eigenvalue weighted by Gasteiger charge is -2.05. The van der Waals surface area contributed by atoms with Crippen LogP contribution in [0.25, 0.3) is 0 Å². The highest BCUT2D eigenvalue weighted by atomic mass is 16.1. The Hall–Kier alpha value is -1.05. The molecule has 2 nitrogen and oxygen atoms in total. The summed E-state index contributed by atoms with van der Waals surface area (Å²) in [5.41, 5.74) is 1.24. The number of rotatable bonds is 4. The highest BCUT2D eigenvalue weighted by Gasteiger charge is 1.98. The number of carbonyl (C=O) groups is 1. The Morgan fingerprint density at radius 1 is 1.27 bits per heavy atom. The molecular weight excluding hydrogens is 186 g/mol. The topological polar surface area (TPSA) is 29.1 Å². The molecule has 1 N–H and O–H groups in total. The van der Waals surface area contributed by atoms with Gasteiger partial charge in [0.05, 0.1) is 0 Å². The molecule has 88 valence electrons. The first kappa shape index (κ1) is 16.4. The molecular formula is C13H25NO. The van der Waals surface area contributed by atoms with E-state index in [2.05, 4.69) is 5.32 Å². The number of nitrogens with one attached hydrogen (secondary N) is 1. The molecule has 0 aromatic rings. The largest absolute Gasteiger partial charge is 0.354 e. The Morgan fingerprint density at radius 3 is 2.20 bits per heavy atom. The van der Waals surface area contributed by atoms with E-state index in [1.165, 1.54) is 5.57 Å². The lowest BCUT2D eigenvalue weighted by molar-refractivity contribution is -0.120. The third-order valence-corrected chi connectivity index (χ3v) is 1.32. The Labute approximate surface area is 94.5 Å². The van der Waals surface area contributed by atoms with Crippen molar-refractivity contribution in [1.29, 1.82) is 0 Å². The van der Waals surface area contributed by atoms with Crippen LogP contribution >= 0.6 is 0 Å². The minimum absolute atomic E-state index is 0.0772. The van der Waals surface area contributed by atoms with Crippen LogP contribution < -0.4 is 5.32 Å². The second kappa shape index (κ2) is 11.0. The van der Waals surface area contributed by atoms with E-state index in [0.29, 0.717) is 6.42 Å². The zero-order valence-corrected chi connectivity index (χ0v) is 10.9. The Bertz CT molecular complexity index is 211. The minimum Gasteiger partial charge on any atom is -0.354 e. The molecule has 0 fully saturated rings. The van der Waals surface area contributed by atoms with E-state index < -0.39 is 0 Å². The molecule has 0 aliphatic carbocycles. The summed E-state index contributed by atoms with van der Waals surface area (Å²) >= 11 is 0. The molecule has 0 aromatic heterocycles. The van der Waals surface area contributed by atoms with Crippen LogP contribution in [0.15, 0.2) is 23.8 Å². The van der Waals surface area contributed by atoms with Gasteiger partial charge in [0.2, 0.25) is 5.91 Å². The molecule has 0 atom stereocenters. The van der Waals surface area contributed by atoms with E-state index in [1.54, 1.807) is 0 Å². The van der Waals surface area contributed by atoms with Crippen LogP contribution in [-0.4, -0.2) is 11.9 Å². The van der Waals surface area contributed by atoms with Gasteiger partial charge in [-0.05, 0) is 27.7 Å². The zero-order valence-electron chi connectivity index (χ0n) is 10.9. The summed E-state index contributed by atoms with van der Waals surface area (Å²) < 4.78 is 0. The van der Waals surface area contributed by atoms with E-state index in [1.807, 2.05) is 59.8 Å². The predicted octanol–water partition coefficient (Wildman–Crippen LogP) is 3.45. The van der Waals surface area contributed by atoms with Crippen molar-refractivity contribution in [3.05, 3.63) is 23.8 Å². The summed E-state index contributed by atoms with van der Waals surface area (Å²) in [4.78, 5) is 11.1. The van der Waals surface area contributed by atoms with Gasteiger partial charge in [-0.1, -0.05) is 37.6 Å². The number of hydrogen-bond acceptors (Lipinski definition) is 1. The van der Waals surface area contributed by atoms with Gasteiger partial charge in [-0.15, -0.1) is 0 Å². The summed E-state index contributed by atoms with van der Waals surface area (Å²) in [6.45, 7) is 12.0. The van der Waals surface area contributed by atoms with Crippen molar-refractivity contribution in [3.63, 3.8) is 0 Å². The molecule has 15 heavy (non-hydrogen) atoms. The summed E-state index contributed by atoms with van der Waals surface area (Å²) in [6.07, 6.45) is 6.23. The number of carbonyl (C=O) groups excluding carboxylic acids is 1. The van der Waals surface area contributed by atoms with Crippen LogP contribution in [0.1, 0.15) is 48.0 Å². The van der Waals surface area contributed by atoms with Crippen molar-refractivity contribution in [3.8, 4) is 0 Å². The zero-order chi connectivity index (χ0) is 12.3. The first-order valence-electron chi connectivity index (χ1n) is 5.61. The predicted molar refractivity (Wildman–Crippen MR) is 67.8 cm³/mol. The smallest absolute Gasteiger partial charge is 0.224 e. The fraction of sp³-hybridized carbons (Fsp3) is 0.615. The van der Waals surface area contributed by atoms with Crippen LogP contribution in [0.4, 0.5) is 0 Å². The first-order valence-corrected chi connectivity index (χ1v) is 5.61. The van der Waals surface area contributed by atoms with Gasteiger partial charge in [-0.3, -0.25) is 4.79 Å². The Kier molecular flexibility index (Phi) is 12.0. The summed E-state index contributed by atoms with van der Waals surface area (Å²) in [6, 6.07) is 0.226. The highest BCUT2D eigenvalue weighted by Crippen LogP contribution is 1.91. The van der Waals surface area contributed by atoms with Crippen molar-refractivity contribution in [2.45, 2.75) is 54.0 Å². The van der Waals surface area contributed by atoms with Crippen molar-refractivity contribution < 1.29 is 4.79 Å². The van der Waals surface area contributed by atoms with Crippen molar-refractivity contribution in [2.24, 2.45) is 0 Å². The molecule has 0 saturated heterocycles. The van der Waals surface area contributed by atoms with Crippen LogP contribution in [-0.2, 0) is 4.79 Å². The monoisotopic (exact) mass is 211 g/mol. The van der Waals surface area contributed by atoms with Gasteiger partial charge in [-0.25, -0.2) is 0 Å². The van der Waals surface area contributed by atoms with Crippen molar-refractivity contribution in [1.82, 2.24) is 5.32 Å². The van der Waals surface area contributed by atoms with Gasteiger partial charge in [-0.2, -0.15) is 0 Å². The lowest BCUT2D eigenvalue weighted by Crippen LogP contribution is -2.29. The molecule has 1 amide bonds. The van der Waals surface area contributed by atoms with E-state index in [9.17, 15) is 4.79 Å². The van der Waals surface area contributed by atoms with Gasteiger partial charge in [0, 0.05) is 12.5 Å². The molecule has 0 aliphatic heterocycles. The van der Waals surface area contributed by atoms with Crippen LogP contribution in [0, 0.1) is 0 Å². The quantitative estimate of drug-likeness (QED) is 0.709. The van der Waals surface area contributed by atoms with Crippen LogP contribution in [0.2, 0.25) is 0 Å². The van der Waals surface area contributed by atoms with E-state index in [0.717, 1.165) is 0 Å². The standard InChI is InChI=1S/C11H19NO.C2H6/c1-9(2)7-5-6-8-11(13)12-10(3)4;1-2/h5-7,10H,8H2,1-4H3,(H,12,13);1-2H3/b6-5-;. The molecule has 0 aromatic carbocycles. The molecule has 0 aliphatic rings. The fourth-order valence-corrected chi connectivity index (χ4v) is 0.816.